The first kappa shape index (κ1) is 7.73. The molecule has 4 nitrogen and oxygen atoms in total. The lowest BCUT2D eigenvalue weighted by atomic mass is 10.0. The highest BCUT2D eigenvalue weighted by molar-refractivity contribution is 4.97. The van der Waals surface area contributed by atoms with Crippen molar-refractivity contribution in [3.63, 3.8) is 0 Å². The van der Waals surface area contributed by atoms with Crippen LogP contribution in [0.3, 0.4) is 0 Å². The Morgan fingerprint density at radius 2 is 2.42 bits per heavy atom. The van der Waals surface area contributed by atoms with Crippen LogP contribution in [0.15, 0.2) is 0 Å². The quantitative estimate of drug-likeness (QED) is 0.647. The summed E-state index contributed by atoms with van der Waals surface area (Å²) in [7, 11) is 0. The third-order valence-electron chi connectivity index (χ3n) is 2.49. The fourth-order valence-corrected chi connectivity index (χ4v) is 1.68. The molecule has 0 radical (unpaired) electrons. The van der Waals surface area contributed by atoms with Crippen LogP contribution in [-0.4, -0.2) is 26.5 Å². The highest BCUT2D eigenvalue weighted by atomic mass is 16.3. The molecule has 66 valence electrons. The molecule has 0 saturated carbocycles. The van der Waals surface area contributed by atoms with Crippen LogP contribution in [0, 0.1) is 12.8 Å². The van der Waals surface area contributed by atoms with Crippen LogP contribution in [0.25, 0.3) is 0 Å². The minimum atomic E-state index is 0.275. The van der Waals surface area contributed by atoms with E-state index in [-0.39, 0.29) is 6.61 Å². The van der Waals surface area contributed by atoms with Crippen molar-refractivity contribution in [1.82, 2.24) is 14.8 Å². The maximum absolute atomic E-state index is 8.99. The minimum Gasteiger partial charge on any atom is -0.396 e. The van der Waals surface area contributed by atoms with E-state index in [0.717, 1.165) is 31.0 Å². The molecule has 0 amide bonds. The summed E-state index contributed by atoms with van der Waals surface area (Å²) >= 11 is 0. The third kappa shape index (κ3) is 1.12. The topological polar surface area (TPSA) is 50.9 Å². The fourth-order valence-electron chi connectivity index (χ4n) is 1.68. The number of aliphatic hydroxyl groups is 1. The fraction of sp³-hybridized carbons (Fsp3) is 0.750. The molecule has 0 aromatic carbocycles. The van der Waals surface area contributed by atoms with Crippen molar-refractivity contribution >= 4 is 0 Å². The largest absolute Gasteiger partial charge is 0.396 e. The van der Waals surface area contributed by atoms with Crippen LogP contribution in [0.2, 0.25) is 0 Å². The molecule has 0 aliphatic carbocycles. The molecule has 1 unspecified atom stereocenters. The third-order valence-corrected chi connectivity index (χ3v) is 2.49. The Morgan fingerprint density at radius 3 is 3.17 bits per heavy atom. The summed E-state index contributed by atoms with van der Waals surface area (Å²) < 4.78 is 2.10. The van der Waals surface area contributed by atoms with Crippen LogP contribution in [0.5, 0.6) is 0 Å². The van der Waals surface area contributed by atoms with Gasteiger partial charge in [-0.05, 0) is 13.3 Å². The molecule has 12 heavy (non-hydrogen) atoms. The van der Waals surface area contributed by atoms with Gasteiger partial charge >= 0.3 is 0 Å². The van der Waals surface area contributed by atoms with Crippen molar-refractivity contribution in [3.8, 4) is 0 Å². The second-order valence-electron chi connectivity index (χ2n) is 3.36. The van der Waals surface area contributed by atoms with E-state index in [1.807, 2.05) is 6.92 Å². The van der Waals surface area contributed by atoms with E-state index in [2.05, 4.69) is 14.8 Å². The first-order chi connectivity index (χ1) is 5.81. The van der Waals surface area contributed by atoms with Crippen LogP contribution >= 0.6 is 0 Å². The molecule has 0 saturated heterocycles. The molecule has 2 rings (SSSR count). The molecule has 1 aromatic heterocycles. The molecule has 0 bridgehead atoms. The van der Waals surface area contributed by atoms with E-state index < -0.39 is 0 Å². The van der Waals surface area contributed by atoms with Crippen LogP contribution in [-0.2, 0) is 13.0 Å². The summed E-state index contributed by atoms with van der Waals surface area (Å²) in [5.41, 5.74) is 0. The molecule has 1 aromatic rings. The SMILES string of the molecule is Cc1nnc2n1CC(CO)CC2. The number of hydrogen-bond donors (Lipinski definition) is 1. The van der Waals surface area contributed by atoms with Crippen molar-refractivity contribution in [2.24, 2.45) is 5.92 Å². The molecular weight excluding hydrogens is 154 g/mol. The molecule has 1 aliphatic heterocycles. The van der Waals surface area contributed by atoms with Gasteiger partial charge in [-0.3, -0.25) is 0 Å². The lowest BCUT2D eigenvalue weighted by Crippen LogP contribution is -2.23. The van der Waals surface area contributed by atoms with Gasteiger partial charge in [0.2, 0.25) is 0 Å². The Kier molecular flexibility index (Phi) is 1.84. The van der Waals surface area contributed by atoms with Crippen LogP contribution in [0.4, 0.5) is 0 Å². The van der Waals surface area contributed by atoms with Crippen molar-refractivity contribution in [2.45, 2.75) is 26.3 Å². The Labute approximate surface area is 71.2 Å². The summed E-state index contributed by atoms with van der Waals surface area (Å²) in [6.07, 6.45) is 1.99. The maximum Gasteiger partial charge on any atom is 0.133 e. The monoisotopic (exact) mass is 167 g/mol. The van der Waals surface area contributed by atoms with Crippen LogP contribution in [0.1, 0.15) is 18.1 Å². The standard InChI is InChI=1S/C8H13N3O/c1-6-9-10-8-3-2-7(5-12)4-11(6)8/h7,12H,2-5H2,1H3. The highest BCUT2D eigenvalue weighted by Crippen LogP contribution is 2.18. The Bertz CT molecular complexity index is 282. The predicted octanol–water partition coefficient (Wildman–Crippen LogP) is 0.141. The van der Waals surface area contributed by atoms with E-state index in [1.165, 1.54) is 0 Å². The Hall–Kier alpha value is -0.900. The molecule has 4 heteroatoms. The lowest BCUT2D eigenvalue weighted by molar-refractivity contribution is 0.190. The van der Waals surface area contributed by atoms with Gasteiger partial charge in [0.25, 0.3) is 0 Å². The van der Waals surface area contributed by atoms with E-state index >= 15 is 0 Å². The average Bonchev–Trinajstić information content (AvgIpc) is 2.47. The lowest BCUT2D eigenvalue weighted by Gasteiger charge is -2.21. The Balaban J connectivity index is 2.26. The summed E-state index contributed by atoms with van der Waals surface area (Å²) in [5, 5.41) is 17.0. The number of hydrogen-bond acceptors (Lipinski definition) is 3. The molecule has 0 spiro atoms. The van der Waals surface area contributed by atoms with Gasteiger partial charge in [0, 0.05) is 25.5 Å². The van der Waals surface area contributed by atoms with Gasteiger partial charge in [-0.15, -0.1) is 10.2 Å². The van der Waals surface area contributed by atoms with Crippen molar-refractivity contribution in [2.75, 3.05) is 6.61 Å². The molecule has 1 N–H and O–H groups in total. The zero-order valence-electron chi connectivity index (χ0n) is 7.19. The van der Waals surface area contributed by atoms with Gasteiger partial charge in [-0.1, -0.05) is 0 Å². The molecular formula is C8H13N3O. The number of aryl methyl sites for hydroxylation is 2. The summed E-state index contributed by atoms with van der Waals surface area (Å²) in [6, 6.07) is 0. The maximum atomic E-state index is 8.99. The summed E-state index contributed by atoms with van der Waals surface area (Å²) in [6.45, 7) is 3.11. The normalized spacial score (nSPS) is 22.3. The van der Waals surface area contributed by atoms with Crippen molar-refractivity contribution in [3.05, 3.63) is 11.6 Å². The molecule has 2 heterocycles. The molecule has 1 aliphatic rings. The molecule has 0 fully saturated rings. The van der Waals surface area contributed by atoms with Gasteiger partial charge in [0.1, 0.15) is 11.6 Å². The first-order valence-electron chi connectivity index (χ1n) is 4.31. The number of rotatable bonds is 1. The van der Waals surface area contributed by atoms with E-state index in [9.17, 15) is 0 Å². The van der Waals surface area contributed by atoms with Gasteiger partial charge in [0.05, 0.1) is 0 Å². The molecule has 1 atom stereocenters. The van der Waals surface area contributed by atoms with Crippen molar-refractivity contribution < 1.29 is 5.11 Å². The van der Waals surface area contributed by atoms with Crippen molar-refractivity contribution in [1.29, 1.82) is 0 Å². The summed E-state index contributed by atoms with van der Waals surface area (Å²) in [5.74, 6) is 2.42. The Morgan fingerprint density at radius 1 is 1.58 bits per heavy atom. The smallest absolute Gasteiger partial charge is 0.133 e. The second kappa shape index (κ2) is 2.86. The number of aromatic nitrogens is 3. The van der Waals surface area contributed by atoms with Gasteiger partial charge in [-0.25, -0.2) is 0 Å². The van der Waals surface area contributed by atoms with E-state index in [0.29, 0.717) is 5.92 Å². The van der Waals surface area contributed by atoms with E-state index in [4.69, 9.17) is 5.11 Å². The second-order valence-corrected chi connectivity index (χ2v) is 3.36. The average molecular weight is 167 g/mol. The van der Waals surface area contributed by atoms with Gasteiger partial charge < -0.3 is 9.67 Å². The van der Waals surface area contributed by atoms with Crippen LogP contribution < -0.4 is 0 Å². The zero-order valence-corrected chi connectivity index (χ0v) is 7.19. The van der Waals surface area contributed by atoms with Gasteiger partial charge in [-0.2, -0.15) is 0 Å². The number of nitrogens with zero attached hydrogens (tertiary/aromatic N) is 3. The predicted molar refractivity (Wildman–Crippen MR) is 43.7 cm³/mol. The van der Waals surface area contributed by atoms with E-state index in [1.54, 1.807) is 0 Å². The zero-order chi connectivity index (χ0) is 8.55. The summed E-state index contributed by atoms with van der Waals surface area (Å²) in [4.78, 5) is 0. The highest BCUT2D eigenvalue weighted by Gasteiger charge is 2.20. The first-order valence-corrected chi connectivity index (χ1v) is 4.31. The number of aliphatic hydroxyl groups excluding tert-OH is 1. The minimum absolute atomic E-state index is 0.275. The number of fused-ring (bicyclic) bond motifs is 1. The van der Waals surface area contributed by atoms with Gasteiger partial charge in [0.15, 0.2) is 0 Å².